The molecule has 76 valence electrons. The fourth-order valence-electron chi connectivity index (χ4n) is 1.74. The molecule has 0 aliphatic carbocycles. The van der Waals surface area contributed by atoms with Crippen LogP contribution in [0, 0.1) is 5.82 Å². The number of aliphatic hydroxyl groups is 1. The van der Waals surface area contributed by atoms with Gasteiger partial charge in [-0.1, -0.05) is 6.92 Å². The molecule has 2 nitrogen and oxygen atoms in total. The van der Waals surface area contributed by atoms with Crippen molar-refractivity contribution in [2.24, 2.45) is 0 Å². The molecule has 2 atom stereocenters. The second kappa shape index (κ2) is 3.58. The van der Waals surface area contributed by atoms with E-state index in [4.69, 9.17) is 4.74 Å². The monoisotopic (exact) mass is 196 g/mol. The minimum absolute atomic E-state index is 0.000648. The van der Waals surface area contributed by atoms with Crippen molar-refractivity contribution in [3.05, 3.63) is 29.6 Å². The Morgan fingerprint density at radius 3 is 3.07 bits per heavy atom. The minimum Gasteiger partial charge on any atom is -0.490 e. The lowest BCUT2D eigenvalue weighted by Crippen LogP contribution is -2.24. The van der Waals surface area contributed by atoms with Gasteiger partial charge in [-0.25, -0.2) is 4.39 Å². The van der Waals surface area contributed by atoms with E-state index in [0.717, 1.165) is 6.42 Å². The van der Waals surface area contributed by atoms with Crippen molar-refractivity contribution in [3.63, 3.8) is 0 Å². The molecule has 0 amide bonds. The average Bonchev–Trinajstić information content (AvgIpc) is 2.16. The highest BCUT2D eigenvalue weighted by atomic mass is 19.1. The maximum absolute atomic E-state index is 12.9. The zero-order chi connectivity index (χ0) is 10.1. The summed E-state index contributed by atoms with van der Waals surface area (Å²) >= 11 is 0. The molecule has 1 aromatic rings. The fraction of sp³-hybridized carbons (Fsp3) is 0.455. The van der Waals surface area contributed by atoms with Gasteiger partial charge in [-0.15, -0.1) is 0 Å². The first-order chi connectivity index (χ1) is 6.70. The highest BCUT2D eigenvalue weighted by Crippen LogP contribution is 2.35. The average molecular weight is 196 g/mol. The summed E-state index contributed by atoms with van der Waals surface area (Å²) < 4.78 is 18.4. The van der Waals surface area contributed by atoms with Crippen LogP contribution in [0.3, 0.4) is 0 Å². The molecule has 0 bridgehead atoms. The van der Waals surface area contributed by atoms with Gasteiger partial charge < -0.3 is 9.84 Å². The topological polar surface area (TPSA) is 29.5 Å². The van der Waals surface area contributed by atoms with Crippen LogP contribution >= 0.6 is 0 Å². The fourth-order valence-corrected chi connectivity index (χ4v) is 1.74. The summed E-state index contributed by atoms with van der Waals surface area (Å²) in [5.74, 6) is 0.156. The van der Waals surface area contributed by atoms with Crippen LogP contribution in [0.25, 0.3) is 0 Å². The van der Waals surface area contributed by atoms with E-state index >= 15 is 0 Å². The van der Waals surface area contributed by atoms with Gasteiger partial charge in [-0.05, 0) is 18.6 Å². The van der Waals surface area contributed by atoms with Crippen molar-refractivity contribution in [1.82, 2.24) is 0 Å². The van der Waals surface area contributed by atoms with Gasteiger partial charge in [0.05, 0.1) is 6.10 Å². The maximum atomic E-state index is 12.9. The van der Waals surface area contributed by atoms with Crippen LogP contribution in [-0.2, 0) is 0 Å². The number of hydrogen-bond donors (Lipinski definition) is 1. The van der Waals surface area contributed by atoms with E-state index in [-0.39, 0.29) is 11.9 Å². The van der Waals surface area contributed by atoms with Crippen molar-refractivity contribution in [1.29, 1.82) is 0 Å². The zero-order valence-corrected chi connectivity index (χ0v) is 8.03. The molecule has 3 heteroatoms. The quantitative estimate of drug-likeness (QED) is 0.747. The summed E-state index contributed by atoms with van der Waals surface area (Å²) in [5, 5.41) is 9.75. The molecule has 2 rings (SSSR count). The highest BCUT2D eigenvalue weighted by Gasteiger charge is 2.25. The minimum atomic E-state index is -0.524. The third-order valence-electron chi connectivity index (χ3n) is 2.57. The molecule has 1 aromatic carbocycles. The highest BCUT2D eigenvalue weighted by molar-refractivity contribution is 5.37. The van der Waals surface area contributed by atoms with E-state index in [1.165, 1.54) is 12.1 Å². The second-order valence-corrected chi connectivity index (χ2v) is 3.58. The number of benzene rings is 1. The van der Waals surface area contributed by atoms with Crippen molar-refractivity contribution in [3.8, 4) is 5.75 Å². The molecule has 14 heavy (non-hydrogen) atoms. The first-order valence-corrected chi connectivity index (χ1v) is 4.85. The van der Waals surface area contributed by atoms with Gasteiger partial charge in [-0.3, -0.25) is 0 Å². The predicted molar refractivity (Wildman–Crippen MR) is 50.7 cm³/mol. The summed E-state index contributed by atoms with van der Waals surface area (Å²) in [6.07, 6.45) is 0.894. The summed E-state index contributed by atoms with van der Waals surface area (Å²) in [5.41, 5.74) is 0.691. The lowest BCUT2D eigenvalue weighted by Gasteiger charge is -2.28. The lowest BCUT2D eigenvalue weighted by atomic mass is 9.98. The van der Waals surface area contributed by atoms with Gasteiger partial charge in [0, 0.05) is 18.1 Å². The molecule has 0 spiro atoms. The Hall–Kier alpha value is -1.09. The third-order valence-corrected chi connectivity index (χ3v) is 2.57. The number of ether oxygens (including phenoxy) is 1. The molecule has 0 saturated heterocycles. The Kier molecular flexibility index (Phi) is 2.42. The molecule has 0 radical (unpaired) electrons. The number of aliphatic hydroxyl groups excluding tert-OH is 1. The van der Waals surface area contributed by atoms with Crippen LogP contribution in [0.1, 0.15) is 31.4 Å². The van der Waals surface area contributed by atoms with E-state index in [1.807, 2.05) is 6.92 Å². The largest absolute Gasteiger partial charge is 0.490 e. The van der Waals surface area contributed by atoms with Crippen LogP contribution in [0.15, 0.2) is 18.2 Å². The first-order valence-electron chi connectivity index (χ1n) is 4.85. The van der Waals surface area contributed by atoms with Gasteiger partial charge in [0.2, 0.25) is 0 Å². The summed E-state index contributed by atoms with van der Waals surface area (Å²) in [6, 6.07) is 4.26. The van der Waals surface area contributed by atoms with E-state index in [1.54, 1.807) is 6.07 Å². The Balaban J connectivity index is 2.35. The van der Waals surface area contributed by atoms with E-state index < -0.39 is 6.10 Å². The molecular formula is C11H13FO2. The van der Waals surface area contributed by atoms with Gasteiger partial charge in [0.25, 0.3) is 0 Å². The van der Waals surface area contributed by atoms with Crippen molar-refractivity contribution in [2.75, 3.05) is 0 Å². The normalized spacial score (nSPS) is 25.4. The van der Waals surface area contributed by atoms with Crippen LogP contribution in [-0.4, -0.2) is 11.2 Å². The van der Waals surface area contributed by atoms with Crippen molar-refractivity contribution >= 4 is 0 Å². The molecule has 1 aliphatic rings. The van der Waals surface area contributed by atoms with Gasteiger partial charge in [0.15, 0.2) is 0 Å². The standard InChI is InChI=1S/C11H13FO2/c1-2-8-6-10(13)9-4-3-7(12)5-11(9)14-8/h3-5,8,10,13H,2,6H2,1H3/t8?,10-/m1/s1. The molecule has 1 aliphatic heterocycles. The van der Waals surface area contributed by atoms with Crippen LogP contribution in [0.4, 0.5) is 4.39 Å². The Morgan fingerprint density at radius 1 is 1.57 bits per heavy atom. The molecule has 1 N–H and O–H groups in total. The SMILES string of the molecule is CCC1C[C@@H](O)c2ccc(F)cc2O1. The van der Waals surface area contributed by atoms with Crippen LogP contribution in [0.2, 0.25) is 0 Å². The van der Waals surface area contributed by atoms with Gasteiger partial charge in [0.1, 0.15) is 17.7 Å². The van der Waals surface area contributed by atoms with E-state index in [9.17, 15) is 9.50 Å². The van der Waals surface area contributed by atoms with E-state index in [0.29, 0.717) is 17.7 Å². The maximum Gasteiger partial charge on any atom is 0.128 e. The molecular weight excluding hydrogens is 183 g/mol. The summed E-state index contributed by atoms with van der Waals surface area (Å²) in [7, 11) is 0. The van der Waals surface area contributed by atoms with Gasteiger partial charge in [-0.2, -0.15) is 0 Å². The van der Waals surface area contributed by atoms with Gasteiger partial charge >= 0.3 is 0 Å². The Labute approximate surface area is 82.3 Å². The smallest absolute Gasteiger partial charge is 0.128 e. The Morgan fingerprint density at radius 2 is 2.36 bits per heavy atom. The van der Waals surface area contributed by atoms with Crippen LogP contribution in [0.5, 0.6) is 5.75 Å². The van der Waals surface area contributed by atoms with Crippen molar-refractivity contribution < 1.29 is 14.2 Å². The number of halogens is 1. The molecule has 1 unspecified atom stereocenters. The number of fused-ring (bicyclic) bond motifs is 1. The molecule has 1 heterocycles. The summed E-state index contributed by atoms with van der Waals surface area (Å²) in [4.78, 5) is 0. The molecule has 0 saturated carbocycles. The number of hydrogen-bond acceptors (Lipinski definition) is 2. The predicted octanol–water partition coefficient (Wildman–Crippen LogP) is 2.42. The third kappa shape index (κ3) is 1.60. The first kappa shape index (κ1) is 9.46. The van der Waals surface area contributed by atoms with Crippen LogP contribution < -0.4 is 4.74 Å². The molecule has 0 fully saturated rings. The zero-order valence-electron chi connectivity index (χ0n) is 8.03. The summed E-state index contributed by atoms with van der Waals surface area (Å²) in [6.45, 7) is 1.99. The number of rotatable bonds is 1. The second-order valence-electron chi connectivity index (χ2n) is 3.58. The Bertz CT molecular complexity index is 338. The van der Waals surface area contributed by atoms with Crippen molar-refractivity contribution in [2.45, 2.75) is 32.0 Å². The van der Waals surface area contributed by atoms with E-state index in [2.05, 4.69) is 0 Å². The molecule has 0 aromatic heterocycles. The lowest BCUT2D eigenvalue weighted by molar-refractivity contribution is 0.0639.